The quantitative estimate of drug-likeness (QED) is 0.852. The Morgan fingerprint density at radius 3 is 2.54 bits per heavy atom. The van der Waals surface area contributed by atoms with Gasteiger partial charge in [0, 0.05) is 49.1 Å². The van der Waals surface area contributed by atoms with E-state index in [2.05, 4.69) is 31.2 Å². The van der Waals surface area contributed by atoms with Crippen molar-refractivity contribution in [3.63, 3.8) is 0 Å². The first kappa shape index (κ1) is 19.0. The first-order chi connectivity index (χ1) is 13.7. The van der Waals surface area contributed by atoms with Crippen molar-refractivity contribution < 1.29 is 4.79 Å². The van der Waals surface area contributed by atoms with E-state index in [9.17, 15) is 4.79 Å². The lowest BCUT2D eigenvalue weighted by molar-refractivity contribution is 0.0922. The number of anilines is 2. The van der Waals surface area contributed by atoms with E-state index in [1.54, 1.807) is 12.3 Å². The Morgan fingerprint density at radius 1 is 1.04 bits per heavy atom. The summed E-state index contributed by atoms with van der Waals surface area (Å²) in [4.78, 5) is 26.0. The maximum atomic E-state index is 12.6. The van der Waals surface area contributed by atoms with Crippen LogP contribution in [0.1, 0.15) is 42.6 Å². The third-order valence-corrected chi connectivity index (χ3v) is 5.79. The Balaban J connectivity index is 1.37. The molecule has 148 valence electrons. The van der Waals surface area contributed by atoms with Gasteiger partial charge in [0.05, 0.1) is 0 Å². The van der Waals surface area contributed by atoms with Gasteiger partial charge in [0.2, 0.25) is 5.95 Å². The minimum absolute atomic E-state index is 0.0897. The third kappa shape index (κ3) is 4.55. The molecule has 2 aromatic rings. The molecule has 1 aromatic carbocycles. The number of carbonyl (C=O) groups is 1. The predicted octanol–water partition coefficient (Wildman–Crippen LogP) is 3.52. The van der Waals surface area contributed by atoms with Crippen molar-refractivity contribution >= 4 is 29.1 Å². The van der Waals surface area contributed by atoms with Crippen LogP contribution in [0.15, 0.2) is 36.5 Å². The van der Waals surface area contributed by atoms with E-state index in [1.165, 1.54) is 19.3 Å². The first-order valence-corrected chi connectivity index (χ1v) is 10.5. The van der Waals surface area contributed by atoms with E-state index in [-0.39, 0.29) is 11.9 Å². The highest BCUT2D eigenvalue weighted by atomic mass is 35.5. The zero-order valence-corrected chi connectivity index (χ0v) is 16.7. The maximum Gasteiger partial charge on any atom is 0.270 e. The number of carbonyl (C=O) groups excluding carboxylic acids is 1. The highest BCUT2D eigenvalue weighted by Gasteiger charge is 2.22. The van der Waals surface area contributed by atoms with Crippen LogP contribution in [-0.4, -0.2) is 48.1 Å². The highest BCUT2D eigenvalue weighted by Crippen LogP contribution is 2.22. The van der Waals surface area contributed by atoms with E-state index in [0.29, 0.717) is 11.6 Å². The number of rotatable bonds is 4. The molecule has 4 rings (SSSR count). The van der Waals surface area contributed by atoms with Crippen LogP contribution in [0.5, 0.6) is 0 Å². The van der Waals surface area contributed by atoms with Crippen molar-refractivity contribution in [2.45, 2.75) is 38.1 Å². The van der Waals surface area contributed by atoms with E-state index in [1.807, 2.05) is 18.2 Å². The summed E-state index contributed by atoms with van der Waals surface area (Å²) >= 11 is 6.11. The lowest BCUT2D eigenvalue weighted by Gasteiger charge is -2.36. The molecule has 2 heterocycles. The number of amides is 1. The third-order valence-electron chi connectivity index (χ3n) is 5.55. The second-order valence-electron chi connectivity index (χ2n) is 7.50. The second kappa shape index (κ2) is 8.78. The molecular weight excluding hydrogens is 374 g/mol. The molecule has 1 aliphatic heterocycles. The summed E-state index contributed by atoms with van der Waals surface area (Å²) in [6.45, 7) is 3.34. The number of aromatic nitrogens is 2. The minimum atomic E-state index is -0.0897. The lowest BCUT2D eigenvalue weighted by Crippen LogP contribution is -2.47. The fraction of sp³-hybridized carbons (Fsp3) is 0.476. The van der Waals surface area contributed by atoms with Gasteiger partial charge in [0.15, 0.2) is 0 Å². The standard InChI is InChI=1S/C21H26ClN5O/c22-16-5-4-8-18(15-16)26-11-13-27(14-12-26)21-23-10-9-19(25-21)20(28)24-17-6-2-1-3-7-17/h4-5,8-10,15,17H,1-3,6-7,11-14H2,(H,24,28). The van der Waals surface area contributed by atoms with Crippen LogP contribution < -0.4 is 15.1 Å². The van der Waals surface area contributed by atoms with Gasteiger partial charge in [0.25, 0.3) is 5.91 Å². The lowest BCUT2D eigenvalue weighted by atomic mass is 9.95. The summed E-state index contributed by atoms with van der Waals surface area (Å²) in [5.41, 5.74) is 1.58. The van der Waals surface area contributed by atoms with E-state index in [0.717, 1.165) is 49.7 Å². The first-order valence-electron chi connectivity index (χ1n) is 10.1. The molecular formula is C21H26ClN5O. The Bertz CT molecular complexity index is 816. The Labute approximate surface area is 170 Å². The van der Waals surface area contributed by atoms with Gasteiger partial charge < -0.3 is 15.1 Å². The molecule has 1 N–H and O–H groups in total. The fourth-order valence-electron chi connectivity index (χ4n) is 3.97. The topological polar surface area (TPSA) is 61.4 Å². The Kier molecular flexibility index (Phi) is 5.95. The van der Waals surface area contributed by atoms with Gasteiger partial charge in [-0.2, -0.15) is 0 Å². The Hall–Kier alpha value is -2.34. The highest BCUT2D eigenvalue weighted by molar-refractivity contribution is 6.30. The summed E-state index contributed by atoms with van der Waals surface area (Å²) in [7, 11) is 0. The summed E-state index contributed by atoms with van der Waals surface area (Å²) in [5, 5.41) is 3.88. The number of hydrogen-bond acceptors (Lipinski definition) is 5. The summed E-state index contributed by atoms with van der Waals surface area (Å²) in [5.74, 6) is 0.537. The molecule has 0 radical (unpaired) electrons. The maximum absolute atomic E-state index is 12.6. The number of nitrogens with one attached hydrogen (secondary N) is 1. The van der Waals surface area contributed by atoms with E-state index < -0.39 is 0 Å². The van der Waals surface area contributed by atoms with Crippen LogP contribution in [0.4, 0.5) is 11.6 Å². The van der Waals surface area contributed by atoms with Gasteiger partial charge in [-0.3, -0.25) is 4.79 Å². The van der Waals surface area contributed by atoms with Crippen LogP contribution in [0.2, 0.25) is 5.02 Å². The van der Waals surface area contributed by atoms with Gasteiger partial charge in [-0.25, -0.2) is 9.97 Å². The van der Waals surface area contributed by atoms with Gasteiger partial charge in [0.1, 0.15) is 5.69 Å². The molecule has 0 unspecified atom stereocenters. The molecule has 1 saturated carbocycles. The van der Waals surface area contributed by atoms with Crippen LogP contribution in [0.3, 0.4) is 0 Å². The summed E-state index contributed by atoms with van der Waals surface area (Å²) in [6.07, 6.45) is 7.46. The molecule has 1 saturated heterocycles. The smallest absolute Gasteiger partial charge is 0.270 e. The SMILES string of the molecule is O=C(NC1CCCCC1)c1ccnc(N2CCN(c3cccc(Cl)c3)CC2)n1. The van der Waals surface area contributed by atoms with Crippen LogP contribution in [-0.2, 0) is 0 Å². The number of hydrogen-bond donors (Lipinski definition) is 1. The number of nitrogens with zero attached hydrogens (tertiary/aromatic N) is 4. The van der Waals surface area contributed by atoms with Gasteiger partial charge in [-0.05, 0) is 37.1 Å². The molecule has 1 amide bonds. The van der Waals surface area contributed by atoms with Gasteiger partial charge in [-0.1, -0.05) is 36.9 Å². The normalized spacial score (nSPS) is 18.2. The molecule has 7 heteroatoms. The van der Waals surface area contributed by atoms with Crippen molar-refractivity contribution in [3.8, 4) is 0 Å². The largest absolute Gasteiger partial charge is 0.368 e. The molecule has 1 aromatic heterocycles. The average Bonchev–Trinajstić information content (AvgIpc) is 2.75. The fourth-order valence-corrected chi connectivity index (χ4v) is 4.16. The second-order valence-corrected chi connectivity index (χ2v) is 7.94. The number of benzene rings is 1. The molecule has 2 fully saturated rings. The van der Waals surface area contributed by atoms with Crippen molar-refractivity contribution in [1.29, 1.82) is 0 Å². The van der Waals surface area contributed by atoms with Crippen molar-refractivity contribution in [1.82, 2.24) is 15.3 Å². The summed E-state index contributed by atoms with van der Waals surface area (Å²) < 4.78 is 0. The molecule has 1 aliphatic carbocycles. The van der Waals surface area contributed by atoms with E-state index in [4.69, 9.17) is 11.6 Å². The molecule has 6 nitrogen and oxygen atoms in total. The van der Waals surface area contributed by atoms with Crippen molar-refractivity contribution in [3.05, 3.63) is 47.2 Å². The molecule has 0 atom stereocenters. The zero-order valence-electron chi connectivity index (χ0n) is 16.0. The van der Waals surface area contributed by atoms with E-state index >= 15 is 0 Å². The van der Waals surface area contributed by atoms with Gasteiger partial charge >= 0.3 is 0 Å². The van der Waals surface area contributed by atoms with Crippen molar-refractivity contribution in [2.75, 3.05) is 36.0 Å². The van der Waals surface area contributed by atoms with Crippen molar-refractivity contribution in [2.24, 2.45) is 0 Å². The number of halogens is 1. The van der Waals surface area contributed by atoms with Crippen LogP contribution in [0.25, 0.3) is 0 Å². The van der Waals surface area contributed by atoms with Crippen LogP contribution in [0, 0.1) is 0 Å². The minimum Gasteiger partial charge on any atom is -0.368 e. The monoisotopic (exact) mass is 399 g/mol. The zero-order chi connectivity index (χ0) is 19.3. The van der Waals surface area contributed by atoms with Gasteiger partial charge in [-0.15, -0.1) is 0 Å². The Morgan fingerprint density at radius 2 is 1.79 bits per heavy atom. The average molecular weight is 400 g/mol. The number of piperazine rings is 1. The summed E-state index contributed by atoms with van der Waals surface area (Å²) in [6, 6.07) is 9.91. The molecule has 2 aliphatic rings. The van der Waals surface area contributed by atoms with Crippen LogP contribution >= 0.6 is 11.6 Å². The molecule has 0 spiro atoms. The predicted molar refractivity (Wildman–Crippen MR) is 112 cm³/mol. The molecule has 28 heavy (non-hydrogen) atoms. The molecule has 0 bridgehead atoms.